The van der Waals surface area contributed by atoms with E-state index in [4.69, 9.17) is 4.74 Å². The Morgan fingerprint density at radius 2 is 1.96 bits per heavy atom. The van der Waals surface area contributed by atoms with Gasteiger partial charge in [-0.25, -0.2) is 4.79 Å². The number of amides is 2. The first-order valence-electron chi connectivity index (χ1n) is 8.19. The summed E-state index contributed by atoms with van der Waals surface area (Å²) in [7, 11) is 0. The van der Waals surface area contributed by atoms with Gasteiger partial charge in [0, 0.05) is 30.8 Å². The lowest BCUT2D eigenvalue weighted by molar-refractivity contribution is -0.384. The number of anilines is 2. The van der Waals surface area contributed by atoms with Crippen molar-refractivity contribution < 1.29 is 29.5 Å². The van der Waals surface area contributed by atoms with Crippen molar-refractivity contribution in [2.45, 2.75) is 32.3 Å². The van der Waals surface area contributed by atoms with E-state index in [0.717, 1.165) is 0 Å². The number of nitro benzene ring substituents is 1. The van der Waals surface area contributed by atoms with E-state index in [2.05, 4.69) is 21.3 Å². The Balaban J connectivity index is 2.02. The molecule has 6 N–H and O–H groups in total. The summed E-state index contributed by atoms with van der Waals surface area (Å²) in [6.07, 6.45) is -2.65. The van der Waals surface area contributed by atoms with Gasteiger partial charge in [0.2, 0.25) is 0 Å². The van der Waals surface area contributed by atoms with Gasteiger partial charge >= 0.3 is 12.0 Å². The highest BCUT2D eigenvalue weighted by Crippen LogP contribution is 2.35. The summed E-state index contributed by atoms with van der Waals surface area (Å²) in [6.45, 7) is 1.91. The molecule has 0 aromatic heterocycles. The zero-order valence-electron chi connectivity index (χ0n) is 14.5. The topological polar surface area (TPSA) is 175 Å². The monoisotopic (exact) mass is 383 g/mol. The van der Waals surface area contributed by atoms with Crippen LogP contribution in [0.15, 0.2) is 12.1 Å². The molecule has 0 aliphatic carbocycles. The Morgan fingerprint density at radius 3 is 2.63 bits per heavy atom. The van der Waals surface area contributed by atoms with Crippen molar-refractivity contribution in [1.82, 2.24) is 10.6 Å². The largest absolute Gasteiger partial charge is 0.466 e. The molecule has 148 valence electrons. The lowest BCUT2D eigenvalue weighted by Crippen LogP contribution is -2.43. The highest BCUT2D eigenvalue weighted by molar-refractivity contribution is 5.79. The lowest BCUT2D eigenvalue weighted by atomic mass is 10.1. The molecule has 12 heteroatoms. The van der Waals surface area contributed by atoms with Crippen LogP contribution in [0.25, 0.3) is 0 Å². The summed E-state index contributed by atoms with van der Waals surface area (Å²) < 4.78 is 4.74. The number of carbonyl (C=O) groups is 2. The number of ether oxygens (including phenoxy) is 1. The van der Waals surface area contributed by atoms with Gasteiger partial charge in [-0.1, -0.05) is 0 Å². The average molecular weight is 383 g/mol. The van der Waals surface area contributed by atoms with Gasteiger partial charge in [0.05, 0.1) is 29.3 Å². The molecule has 2 unspecified atom stereocenters. The highest BCUT2D eigenvalue weighted by Gasteiger charge is 2.28. The predicted molar refractivity (Wildman–Crippen MR) is 93.8 cm³/mol. The summed E-state index contributed by atoms with van der Waals surface area (Å²) in [5, 5.41) is 40.6. The number of rotatable bonds is 7. The molecule has 1 aliphatic rings. The lowest BCUT2D eigenvalue weighted by Gasteiger charge is -2.31. The first-order chi connectivity index (χ1) is 12.8. The van der Waals surface area contributed by atoms with Gasteiger partial charge in [0.25, 0.3) is 5.69 Å². The van der Waals surface area contributed by atoms with Gasteiger partial charge in [-0.3, -0.25) is 14.9 Å². The predicted octanol–water partition coefficient (Wildman–Crippen LogP) is -0.179. The average Bonchev–Trinajstić information content (AvgIpc) is 2.60. The van der Waals surface area contributed by atoms with Gasteiger partial charge in [-0.05, 0) is 6.92 Å². The molecule has 0 saturated heterocycles. The second kappa shape index (κ2) is 9.00. The molecule has 1 aliphatic heterocycles. The number of non-ortho nitro benzene ring substituents is 1. The van der Waals surface area contributed by atoms with Crippen LogP contribution in [0.3, 0.4) is 0 Å². The quantitative estimate of drug-likeness (QED) is 0.212. The highest BCUT2D eigenvalue weighted by atomic mass is 16.6. The van der Waals surface area contributed by atoms with Crippen LogP contribution in [0.4, 0.5) is 21.9 Å². The Labute approximate surface area is 154 Å². The minimum atomic E-state index is -1.34. The minimum Gasteiger partial charge on any atom is -0.466 e. The molecule has 0 bridgehead atoms. The van der Waals surface area contributed by atoms with Crippen LogP contribution < -0.4 is 21.3 Å². The van der Waals surface area contributed by atoms with E-state index < -0.39 is 29.4 Å². The van der Waals surface area contributed by atoms with E-state index >= 15 is 0 Å². The fourth-order valence-electron chi connectivity index (χ4n) is 2.43. The maximum atomic E-state index is 11.8. The van der Waals surface area contributed by atoms with Gasteiger partial charge in [0.15, 0.2) is 12.5 Å². The fraction of sp³-hybridized carbons (Fsp3) is 0.467. The molecule has 0 saturated carbocycles. The van der Waals surface area contributed by atoms with E-state index in [1.54, 1.807) is 6.92 Å². The Kier molecular flexibility index (Phi) is 6.73. The van der Waals surface area contributed by atoms with E-state index in [1.165, 1.54) is 12.1 Å². The molecule has 2 atom stereocenters. The van der Waals surface area contributed by atoms with Crippen molar-refractivity contribution in [3.05, 3.63) is 27.8 Å². The molecular weight excluding hydrogens is 362 g/mol. The van der Waals surface area contributed by atoms with Gasteiger partial charge in [0.1, 0.15) is 0 Å². The van der Waals surface area contributed by atoms with Crippen LogP contribution in [0.1, 0.15) is 18.9 Å². The molecule has 2 amide bonds. The number of hydrogen-bond donors (Lipinski definition) is 6. The van der Waals surface area contributed by atoms with Gasteiger partial charge in [-0.15, -0.1) is 0 Å². The third kappa shape index (κ3) is 5.43. The van der Waals surface area contributed by atoms with E-state index in [1.807, 2.05) is 0 Å². The normalized spacial score (nSPS) is 17.7. The Morgan fingerprint density at radius 1 is 1.26 bits per heavy atom. The number of hydrogen-bond acceptors (Lipinski definition) is 9. The standard InChI is InChI=1S/C15H21N5O7/c1-2-27-11(21)3-4-16-15(24)17-7-8-5-9(20(25)26)6-10-12(8)19-14(23)13(22)18-10/h5-6,13-14,18-19,22-23H,2-4,7H2,1H3,(H2,16,17,24). The van der Waals surface area contributed by atoms with Crippen molar-refractivity contribution in [3.8, 4) is 0 Å². The van der Waals surface area contributed by atoms with Gasteiger partial charge < -0.3 is 36.2 Å². The number of nitrogens with zero attached hydrogens (tertiary/aromatic N) is 1. The number of urea groups is 1. The molecule has 2 rings (SSSR count). The van der Waals surface area contributed by atoms with E-state index in [-0.39, 0.29) is 37.5 Å². The summed E-state index contributed by atoms with van der Waals surface area (Å²) in [4.78, 5) is 33.5. The van der Waals surface area contributed by atoms with Crippen molar-refractivity contribution in [3.63, 3.8) is 0 Å². The van der Waals surface area contributed by atoms with Crippen LogP contribution in [-0.2, 0) is 16.1 Å². The molecule has 1 aromatic carbocycles. The number of nitrogens with one attached hydrogen (secondary N) is 4. The van der Waals surface area contributed by atoms with E-state index in [9.17, 15) is 29.9 Å². The van der Waals surface area contributed by atoms with Crippen molar-refractivity contribution in [2.75, 3.05) is 23.8 Å². The maximum Gasteiger partial charge on any atom is 0.315 e. The number of esters is 1. The van der Waals surface area contributed by atoms with Crippen molar-refractivity contribution >= 4 is 29.1 Å². The van der Waals surface area contributed by atoms with Gasteiger partial charge in [-0.2, -0.15) is 0 Å². The van der Waals surface area contributed by atoms with E-state index in [0.29, 0.717) is 11.3 Å². The first-order valence-corrected chi connectivity index (χ1v) is 8.19. The third-order valence-corrected chi connectivity index (χ3v) is 3.67. The SMILES string of the molecule is CCOC(=O)CCNC(=O)NCc1cc([N+](=O)[O-])cc2c1NC(O)C(O)N2. The number of nitro groups is 1. The second-order valence-corrected chi connectivity index (χ2v) is 5.63. The molecule has 1 aromatic rings. The van der Waals surface area contributed by atoms with Crippen LogP contribution >= 0.6 is 0 Å². The number of aliphatic hydroxyl groups excluding tert-OH is 2. The number of fused-ring (bicyclic) bond motifs is 1. The molecular formula is C15H21N5O7. The molecule has 0 radical (unpaired) electrons. The minimum absolute atomic E-state index is 0.0169. The zero-order valence-corrected chi connectivity index (χ0v) is 14.5. The summed E-state index contributed by atoms with van der Waals surface area (Å²) >= 11 is 0. The number of aliphatic hydroxyl groups is 2. The summed E-state index contributed by atoms with van der Waals surface area (Å²) in [5.41, 5.74) is 0.635. The third-order valence-electron chi connectivity index (χ3n) is 3.67. The van der Waals surface area contributed by atoms with Crippen molar-refractivity contribution in [1.29, 1.82) is 0 Å². The smallest absolute Gasteiger partial charge is 0.315 e. The van der Waals surface area contributed by atoms with Crippen LogP contribution in [0.2, 0.25) is 0 Å². The molecule has 12 nitrogen and oxygen atoms in total. The summed E-state index contributed by atoms with van der Waals surface area (Å²) in [6, 6.07) is 1.88. The summed E-state index contributed by atoms with van der Waals surface area (Å²) in [5.74, 6) is -0.437. The van der Waals surface area contributed by atoms with Crippen LogP contribution in [0, 0.1) is 10.1 Å². The zero-order chi connectivity index (χ0) is 20.0. The molecule has 27 heavy (non-hydrogen) atoms. The Bertz CT molecular complexity index is 727. The van der Waals surface area contributed by atoms with Crippen molar-refractivity contribution in [2.24, 2.45) is 0 Å². The number of benzene rings is 1. The molecule has 0 spiro atoms. The Hall–Kier alpha value is -3.12. The van der Waals surface area contributed by atoms with Crippen LogP contribution in [0.5, 0.6) is 0 Å². The van der Waals surface area contributed by atoms with Crippen LogP contribution in [-0.4, -0.2) is 52.7 Å². The molecule has 1 heterocycles. The number of carbonyl (C=O) groups excluding carboxylic acids is 2. The maximum absolute atomic E-state index is 11.8. The second-order valence-electron chi connectivity index (χ2n) is 5.63. The fourth-order valence-corrected chi connectivity index (χ4v) is 2.43. The molecule has 0 fully saturated rings. The first kappa shape index (κ1) is 20.2.